The molecule has 34 heavy (non-hydrogen) atoms. The average molecular weight is 489 g/mol. The maximum atomic E-state index is 13.2. The van der Waals surface area contributed by atoms with Crippen LogP contribution < -0.4 is 14.8 Å². The largest absolute Gasteiger partial charge is 0.497 e. The molecule has 2 aromatic carbocycles. The molecule has 1 amide bonds. The molecule has 3 aromatic rings. The van der Waals surface area contributed by atoms with Crippen molar-refractivity contribution in [1.29, 1.82) is 0 Å². The first-order valence-corrected chi connectivity index (χ1v) is 12.4. The Bertz CT molecular complexity index is 1310. The van der Waals surface area contributed by atoms with Crippen LogP contribution in [0.5, 0.6) is 11.5 Å². The summed E-state index contributed by atoms with van der Waals surface area (Å²) in [5.41, 5.74) is 1.44. The fourth-order valence-electron chi connectivity index (χ4n) is 3.78. The van der Waals surface area contributed by atoms with Gasteiger partial charge in [0, 0.05) is 24.0 Å². The third-order valence-corrected chi connectivity index (χ3v) is 7.41. The minimum atomic E-state index is -3.76. The molecule has 1 aromatic heterocycles. The second-order valence-corrected chi connectivity index (χ2v) is 10.2. The minimum Gasteiger partial charge on any atom is -0.497 e. The Kier molecular flexibility index (Phi) is 6.83. The van der Waals surface area contributed by atoms with Crippen LogP contribution in [0.1, 0.15) is 30.0 Å². The second kappa shape index (κ2) is 9.65. The van der Waals surface area contributed by atoms with Crippen molar-refractivity contribution < 1.29 is 31.8 Å². The predicted octanol–water partition coefficient (Wildman–Crippen LogP) is 3.81. The molecule has 0 radical (unpaired) electrons. The van der Waals surface area contributed by atoms with Crippen molar-refractivity contribution >= 4 is 32.6 Å². The van der Waals surface area contributed by atoms with E-state index < -0.39 is 15.9 Å². The third kappa shape index (κ3) is 4.75. The maximum Gasteiger partial charge on any atom is 0.291 e. The summed E-state index contributed by atoms with van der Waals surface area (Å²) >= 11 is 0. The van der Waals surface area contributed by atoms with Crippen LogP contribution in [-0.2, 0) is 14.8 Å². The summed E-state index contributed by atoms with van der Waals surface area (Å²) in [4.78, 5) is 13.3. The molecule has 0 atom stereocenters. The van der Waals surface area contributed by atoms with E-state index >= 15 is 0 Å². The number of rotatable bonds is 7. The Labute approximate surface area is 198 Å². The summed E-state index contributed by atoms with van der Waals surface area (Å²) in [6.07, 6.45) is -0.183. The first kappa shape index (κ1) is 24.1. The highest BCUT2D eigenvalue weighted by Gasteiger charge is 2.28. The Morgan fingerprint density at radius 1 is 1.12 bits per heavy atom. The summed E-state index contributed by atoms with van der Waals surface area (Å²) in [6.45, 7) is 6.71. The summed E-state index contributed by atoms with van der Waals surface area (Å²) in [7, 11) is -2.19. The van der Waals surface area contributed by atoms with E-state index in [0.717, 1.165) is 5.39 Å². The number of hydrogen-bond acceptors (Lipinski definition) is 7. The number of carbonyl (C=O) groups is 1. The molecule has 1 N–H and O–H groups in total. The molecular weight excluding hydrogens is 460 g/mol. The average Bonchev–Trinajstić information content (AvgIpc) is 3.16. The van der Waals surface area contributed by atoms with Gasteiger partial charge < -0.3 is 23.9 Å². The van der Waals surface area contributed by atoms with Crippen molar-refractivity contribution in [2.45, 2.75) is 31.8 Å². The molecule has 1 aliphatic heterocycles. The Hall–Kier alpha value is -3.08. The SMILES string of the molecule is COc1ccc2oc(C(=O)Nc3cc(S(=O)(=O)N4CCOCC4)ccc3OC(C)C)c(C)c2c1. The highest BCUT2D eigenvalue weighted by atomic mass is 32.2. The van der Waals surface area contributed by atoms with E-state index in [1.807, 2.05) is 13.8 Å². The van der Waals surface area contributed by atoms with Crippen LogP contribution in [0, 0.1) is 6.92 Å². The minimum absolute atomic E-state index is 0.0619. The fourth-order valence-corrected chi connectivity index (χ4v) is 5.22. The van der Waals surface area contributed by atoms with E-state index in [4.69, 9.17) is 18.6 Å². The number of fused-ring (bicyclic) bond motifs is 1. The summed E-state index contributed by atoms with van der Waals surface area (Å²) in [5, 5.41) is 3.54. The molecule has 0 bridgehead atoms. The van der Waals surface area contributed by atoms with Crippen LogP contribution in [0.25, 0.3) is 11.0 Å². The highest BCUT2D eigenvalue weighted by molar-refractivity contribution is 7.89. The Morgan fingerprint density at radius 3 is 2.53 bits per heavy atom. The number of benzene rings is 2. The number of anilines is 1. The van der Waals surface area contributed by atoms with Crippen LogP contribution in [0.4, 0.5) is 5.69 Å². The number of aryl methyl sites for hydroxylation is 1. The zero-order chi connectivity index (χ0) is 24.5. The number of morpholine rings is 1. The van der Waals surface area contributed by atoms with Gasteiger partial charge >= 0.3 is 0 Å². The number of furan rings is 1. The first-order chi connectivity index (χ1) is 16.2. The van der Waals surface area contributed by atoms with Gasteiger partial charge in [0.05, 0.1) is 37.0 Å². The predicted molar refractivity (Wildman–Crippen MR) is 127 cm³/mol. The number of carbonyl (C=O) groups excluding carboxylic acids is 1. The normalized spacial score (nSPS) is 15.0. The zero-order valence-corrected chi connectivity index (χ0v) is 20.4. The molecule has 0 aliphatic carbocycles. The quantitative estimate of drug-likeness (QED) is 0.539. The van der Waals surface area contributed by atoms with Gasteiger partial charge in [-0.3, -0.25) is 4.79 Å². The van der Waals surface area contributed by atoms with Crippen molar-refractivity contribution in [3.8, 4) is 11.5 Å². The van der Waals surface area contributed by atoms with Crippen molar-refractivity contribution in [1.82, 2.24) is 4.31 Å². The molecule has 1 saturated heterocycles. The van der Waals surface area contributed by atoms with Gasteiger partial charge in [0.2, 0.25) is 10.0 Å². The van der Waals surface area contributed by atoms with Gasteiger partial charge in [-0.05, 0) is 57.2 Å². The lowest BCUT2D eigenvalue weighted by atomic mass is 10.1. The van der Waals surface area contributed by atoms with Crippen LogP contribution in [-0.4, -0.2) is 58.1 Å². The maximum absolute atomic E-state index is 13.2. The molecule has 4 rings (SSSR count). The summed E-state index contributed by atoms with van der Waals surface area (Å²) < 4.78 is 49.8. The number of ether oxygens (including phenoxy) is 3. The third-order valence-electron chi connectivity index (χ3n) is 5.52. The van der Waals surface area contributed by atoms with Crippen LogP contribution in [0.3, 0.4) is 0 Å². The standard InChI is InChI=1S/C24H28N2O7S/c1-15(2)32-22-8-6-18(34(28,29)26-9-11-31-12-10-26)14-20(22)25-24(27)23-16(3)19-13-17(30-4)5-7-21(19)33-23/h5-8,13-15H,9-12H2,1-4H3,(H,25,27). The Morgan fingerprint density at radius 2 is 1.85 bits per heavy atom. The molecule has 2 heterocycles. The fraction of sp³-hybridized carbons (Fsp3) is 0.375. The smallest absolute Gasteiger partial charge is 0.291 e. The monoisotopic (exact) mass is 488 g/mol. The van der Waals surface area contributed by atoms with Gasteiger partial charge in [-0.1, -0.05) is 0 Å². The molecule has 10 heteroatoms. The molecule has 182 valence electrons. The molecule has 9 nitrogen and oxygen atoms in total. The topological polar surface area (TPSA) is 107 Å². The molecule has 0 unspecified atom stereocenters. The number of sulfonamides is 1. The van der Waals surface area contributed by atoms with E-state index in [0.29, 0.717) is 35.9 Å². The Balaban J connectivity index is 1.69. The lowest BCUT2D eigenvalue weighted by Gasteiger charge is -2.26. The molecule has 1 fully saturated rings. The molecule has 1 aliphatic rings. The second-order valence-electron chi connectivity index (χ2n) is 8.21. The highest BCUT2D eigenvalue weighted by Crippen LogP contribution is 2.33. The molecule has 0 spiro atoms. The first-order valence-electron chi connectivity index (χ1n) is 11.0. The zero-order valence-electron chi connectivity index (χ0n) is 19.6. The number of nitrogens with one attached hydrogen (secondary N) is 1. The van der Waals surface area contributed by atoms with Crippen molar-refractivity contribution in [2.75, 3.05) is 38.7 Å². The van der Waals surface area contributed by atoms with E-state index in [1.54, 1.807) is 38.3 Å². The van der Waals surface area contributed by atoms with E-state index in [1.165, 1.54) is 16.4 Å². The lowest BCUT2D eigenvalue weighted by Crippen LogP contribution is -2.40. The van der Waals surface area contributed by atoms with Crippen LogP contribution >= 0.6 is 0 Å². The summed E-state index contributed by atoms with van der Waals surface area (Å²) in [5.74, 6) is 0.624. The molecule has 0 saturated carbocycles. The van der Waals surface area contributed by atoms with Gasteiger partial charge in [0.15, 0.2) is 5.76 Å². The van der Waals surface area contributed by atoms with Crippen molar-refractivity contribution in [3.63, 3.8) is 0 Å². The lowest BCUT2D eigenvalue weighted by molar-refractivity contribution is 0.0730. The summed E-state index contributed by atoms with van der Waals surface area (Å²) in [6, 6.07) is 9.74. The van der Waals surface area contributed by atoms with Gasteiger partial charge in [-0.2, -0.15) is 4.31 Å². The number of hydrogen-bond donors (Lipinski definition) is 1. The van der Waals surface area contributed by atoms with Gasteiger partial charge in [-0.15, -0.1) is 0 Å². The van der Waals surface area contributed by atoms with Crippen LogP contribution in [0.2, 0.25) is 0 Å². The van der Waals surface area contributed by atoms with E-state index in [9.17, 15) is 13.2 Å². The molecular formula is C24H28N2O7S. The van der Waals surface area contributed by atoms with Crippen molar-refractivity contribution in [3.05, 3.63) is 47.7 Å². The van der Waals surface area contributed by atoms with Gasteiger partial charge in [-0.25, -0.2) is 8.42 Å². The number of nitrogens with zero attached hydrogens (tertiary/aromatic N) is 1. The number of methoxy groups -OCH3 is 1. The van der Waals surface area contributed by atoms with E-state index in [2.05, 4.69) is 5.32 Å². The van der Waals surface area contributed by atoms with Gasteiger partial charge in [0.25, 0.3) is 5.91 Å². The van der Waals surface area contributed by atoms with E-state index in [-0.39, 0.29) is 35.5 Å². The van der Waals surface area contributed by atoms with Crippen molar-refractivity contribution in [2.24, 2.45) is 0 Å². The van der Waals surface area contributed by atoms with Gasteiger partial charge in [0.1, 0.15) is 17.1 Å². The number of amides is 1. The van der Waals surface area contributed by atoms with Crippen LogP contribution in [0.15, 0.2) is 45.7 Å².